The van der Waals surface area contributed by atoms with Crippen LogP contribution in [0.1, 0.15) is 11.3 Å². The van der Waals surface area contributed by atoms with Gasteiger partial charge in [0.1, 0.15) is 6.54 Å². The largest absolute Gasteiger partial charge is 0.327 e. The number of benzene rings is 2. The number of hydrogen-bond donors (Lipinski definition) is 0. The monoisotopic (exact) mass is 373 g/mol. The molecule has 0 fully saturated rings. The number of aromatic nitrogens is 1. The van der Waals surface area contributed by atoms with Crippen molar-refractivity contribution in [1.82, 2.24) is 4.57 Å². The fraction of sp³-hybridized carbons (Fsp3) is 0.238. The van der Waals surface area contributed by atoms with Crippen LogP contribution in [0.4, 0.5) is 0 Å². The second-order valence-electron chi connectivity index (χ2n) is 7.41. The van der Waals surface area contributed by atoms with Crippen molar-refractivity contribution in [2.45, 2.75) is 13.5 Å². The number of hydrogen-bond acceptors (Lipinski definition) is 0. The molecule has 0 spiro atoms. The van der Waals surface area contributed by atoms with Gasteiger partial charge in [0.25, 0.3) is 0 Å². The third kappa shape index (κ3) is 4.09. The van der Waals surface area contributed by atoms with Gasteiger partial charge in [0, 0.05) is 27.0 Å². The van der Waals surface area contributed by atoms with Gasteiger partial charge in [-0.05, 0) is 55.0 Å². The quantitative estimate of drug-likeness (QED) is 0.496. The number of halogens is 2. The molecule has 2 aromatic carbocycles. The predicted molar refractivity (Wildman–Crippen MR) is 108 cm³/mol. The summed E-state index contributed by atoms with van der Waals surface area (Å²) in [5, 5.41) is 1.49. The molecule has 0 aliphatic rings. The zero-order valence-electron chi connectivity index (χ0n) is 15.1. The van der Waals surface area contributed by atoms with Gasteiger partial charge >= 0.3 is 0 Å². The van der Waals surface area contributed by atoms with Crippen LogP contribution in [0.5, 0.6) is 0 Å². The fourth-order valence-corrected chi connectivity index (χ4v) is 3.34. The molecule has 4 heteroatoms. The zero-order chi connectivity index (χ0) is 18.2. The Kier molecular flexibility index (Phi) is 4.97. The molecule has 0 saturated heterocycles. The van der Waals surface area contributed by atoms with Gasteiger partial charge in [-0.3, -0.25) is 0 Å². The Balaban J connectivity index is 2.19. The Labute approximate surface area is 159 Å². The Morgan fingerprint density at radius 1 is 0.840 bits per heavy atom. The van der Waals surface area contributed by atoms with Crippen molar-refractivity contribution < 1.29 is 4.48 Å². The van der Waals surface area contributed by atoms with E-state index in [0.717, 1.165) is 32.3 Å². The Morgan fingerprint density at radius 3 is 1.88 bits per heavy atom. The van der Waals surface area contributed by atoms with E-state index < -0.39 is 0 Å². The van der Waals surface area contributed by atoms with Crippen LogP contribution in [0, 0.1) is 6.92 Å². The maximum absolute atomic E-state index is 6.08. The van der Waals surface area contributed by atoms with Gasteiger partial charge in [-0.2, -0.15) is 0 Å². The highest BCUT2D eigenvalue weighted by Gasteiger charge is 2.19. The van der Waals surface area contributed by atoms with Crippen LogP contribution in [0.2, 0.25) is 10.0 Å². The van der Waals surface area contributed by atoms with Crippen LogP contribution in [-0.2, 0) is 6.54 Å². The van der Waals surface area contributed by atoms with Crippen LogP contribution in [0.3, 0.4) is 0 Å². The van der Waals surface area contributed by atoms with Gasteiger partial charge < -0.3 is 9.05 Å². The molecule has 0 N–H and O–H groups in total. The molecule has 0 aliphatic carbocycles. The summed E-state index contributed by atoms with van der Waals surface area (Å²) < 4.78 is 3.18. The first-order valence-corrected chi connectivity index (χ1v) is 9.04. The molecule has 0 amide bonds. The molecule has 0 aliphatic heterocycles. The van der Waals surface area contributed by atoms with Crippen LogP contribution >= 0.6 is 23.2 Å². The summed E-state index contributed by atoms with van der Waals surface area (Å²) in [6.45, 7) is 3.14. The molecule has 3 aromatic rings. The SMILES string of the molecule is Cc1c(C[N+](C)(C)C)cc(-c2ccc(Cl)cc2)n1-c1ccc(Cl)cc1. The van der Waals surface area contributed by atoms with Crippen molar-refractivity contribution in [2.75, 3.05) is 21.1 Å². The minimum Gasteiger partial charge on any atom is -0.327 e. The Bertz CT molecular complexity index is 870. The van der Waals surface area contributed by atoms with E-state index in [1.54, 1.807) is 0 Å². The van der Waals surface area contributed by atoms with Gasteiger partial charge in [-0.25, -0.2) is 0 Å². The zero-order valence-corrected chi connectivity index (χ0v) is 16.6. The Hall–Kier alpha value is -1.74. The summed E-state index contributed by atoms with van der Waals surface area (Å²) in [6, 6.07) is 18.3. The average Bonchev–Trinajstić information content (AvgIpc) is 2.84. The Morgan fingerprint density at radius 2 is 1.36 bits per heavy atom. The highest BCUT2D eigenvalue weighted by atomic mass is 35.5. The summed E-state index contributed by atoms with van der Waals surface area (Å²) in [6.07, 6.45) is 0. The molecule has 0 unspecified atom stereocenters. The lowest BCUT2D eigenvalue weighted by molar-refractivity contribution is -0.884. The normalized spacial score (nSPS) is 11.8. The van der Waals surface area contributed by atoms with Crippen LogP contribution in [0.15, 0.2) is 54.6 Å². The lowest BCUT2D eigenvalue weighted by atomic mass is 10.1. The first kappa shape index (κ1) is 18.1. The predicted octanol–water partition coefficient (Wildman–Crippen LogP) is 5.97. The molecule has 3 rings (SSSR count). The molecular formula is C21H23Cl2N2+. The average molecular weight is 374 g/mol. The highest BCUT2D eigenvalue weighted by Crippen LogP contribution is 2.31. The van der Waals surface area contributed by atoms with Crippen molar-refractivity contribution in [3.63, 3.8) is 0 Å². The van der Waals surface area contributed by atoms with Crippen molar-refractivity contribution >= 4 is 23.2 Å². The van der Waals surface area contributed by atoms with E-state index in [4.69, 9.17) is 23.2 Å². The summed E-state index contributed by atoms with van der Waals surface area (Å²) in [4.78, 5) is 0. The van der Waals surface area contributed by atoms with Crippen LogP contribution in [0.25, 0.3) is 16.9 Å². The van der Waals surface area contributed by atoms with E-state index in [2.05, 4.69) is 63.0 Å². The van der Waals surface area contributed by atoms with E-state index in [-0.39, 0.29) is 0 Å². The lowest BCUT2D eigenvalue weighted by Crippen LogP contribution is -2.33. The topological polar surface area (TPSA) is 4.93 Å². The first-order valence-electron chi connectivity index (χ1n) is 8.28. The van der Waals surface area contributed by atoms with Crippen molar-refractivity contribution in [3.05, 3.63) is 75.9 Å². The summed E-state index contributed by atoms with van der Waals surface area (Å²) >= 11 is 12.2. The second kappa shape index (κ2) is 6.87. The third-order valence-corrected chi connectivity index (χ3v) is 4.73. The second-order valence-corrected chi connectivity index (χ2v) is 8.28. The minimum atomic E-state index is 0.744. The van der Waals surface area contributed by atoms with Gasteiger partial charge in [-0.15, -0.1) is 0 Å². The molecule has 1 aromatic heterocycles. The van der Waals surface area contributed by atoms with E-state index in [1.807, 2.05) is 24.3 Å². The van der Waals surface area contributed by atoms with Gasteiger partial charge in [0.2, 0.25) is 0 Å². The van der Waals surface area contributed by atoms with E-state index in [0.29, 0.717) is 0 Å². The molecule has 25 heavy (non-hydrogen) atoms. The molecule has 2 nitrogen and oxygen atoms in total. The maximum atomic E-state index is 6.08. The third-order valence-electron chi connectivity index (χ3n) is 4.22. The molecule has 1 heterocycles. The standard InChI is InChI=1S/C21H23Cl2N2/c1-15-17(14-25(2,3)4)13-21(16-5-7-18(22)8-6-16)24(15)20-11-9-19(23)10-12-20/h5-13H,14H2,1-4H3/q+1. The summed E-state index contributed by atoms with van der Waals surface area (Å²) in [5.41, 5.74) is 6.02. The number of nitrogens with zero attached hydrogens (tertiary/aromatic N) is 2. The summed E-state index contributed by atoms with van der Waals surface area (Å²) in [5.74, 6) is 0. The van der Waals surface area contributed by atoms with E-state index in [9.17, 15) is 0 Å². The summed E-state index contributed by atoms with van der Waals surface area (Å²) in [7, 11) is 6.63. The fourth-order valence-electron chi connectivity index (χ4n) is 3.09. The molecule has 0 saturated carbocycles. The maximum Gasteiger partial charge on any atom is 0.106 e. The van der Waals surface area contributed by atoms with Gasteiger partial charge in [0.15, 0.2) is 0 Å². The molecule has 130 valence electrons. The van der Waals surface area contributed by atoms with Crippen LogP contribution < -0.4 is 0 Å². The van der Waals surface area contributed by atoms with E-state index in [1.165, 1.54) is 17.0 Å². The van der Waals surface area contributed by atoms with Crippen molar-refractivity contribution in [3.8, 4) is 16.9 Å². The van der Waals surface area contributed by atoms with Gasteiger partial charge in [-0.1, -0.05) is 35.3 Å². The highest BCUT2D eigenvalue weighted by molar-refractivity contribution is 6.30. The first-order chi connectivity index (χ1) is 11.7. The lowest BCUT2D eigenvalue weighted by Gasteiger charge is -2.23. The van der Waals surface area contributed by atoms with Crippen molar-refractivity contribution in [2.24, 2.45) is 0 Å². The van der Waals surface area contributed by atoms with Crippen molar-refractivity contribution in [1.29, 1.82) is 0 Å². The van der Waals surface area contributed by atoms with Gasteiger partial charge in [0.05, 0.1) is 26.8 Å². The number of rotatable bonds is 4. The number of quaternary nitrogens is 1. The minimum absolute atomic E-state index is 0.744. The molecule has 0 atom stereocenters. The smallest absolute Gasteiger partial charge is 0.106 e. The molecule has 0 bridgehead atoms. The molecule has 0 radical (unpaired) electrons. The van der Waals surface area contributed by atoms with Crippen LogP contribution in [-0.4, -0.2) is 30.2 Å². The molecular weight excluding hydrogens is 351 g/mol. The van der Waals surface area contributed by atoms with E-state index >= 15 is 0 Å².